The maximum atomic E-state index is 2.44. The molecule has 0 aliphatic heterocycles. The van der Waals surface area contributed by atoms with Crippen LogP contribution in [0.5, 0.6) is 0 Å². The maximum absolute atomic E-state index is 2.44. The lowest BCUT2D eigenvalue weighted by atomic mass is 9.95. The van der Waals surface area contributed by atoms with Crippen LogP contribution >= 0.6 is 0 Å². The number of allylic oxidation sites excluding steroid dienone is 3. The molecule has 0 unspecified atom stereocenters. The molecule has 3 heteroatoms. The molecule has 0 fully saturated rings. The quantitative estimate of drug-likeness (QED) is 0.157. The van der Waals surface area contributed by atoms with Crippen LogP contribution in [0.15, 0.2) is 230 Å². The summed E-state index contributed by atoms with van der Waals surface area (Å²) in [6, 6.07) is 77.4. The zero-order valence-electron chi connectivity index (χ0n) is 33.6. The minimum atomic E-state index is 0.981. The monoisotopic (exact) mass is 779 g/mol. The van der Waals surface area contributed by atoms with E-state index in [0.29, 0.717) is 0 Å². The average Bonchev–Trinajstić information content (AvgIpc) is 3.86. The lowest BCUT2D eigenvalue weighted by Crippen LogP contribution is -2.17. The third-order valence-corrected chi connectivity index (χ3v) is 12.6. The minimum Gasteiger partial charge on any atom is -0.311 e. The highest BCUT2D eigenvalue weighted by Crippen LogP contribution is 2.41. The molecule has 9 aromatic carbocycles. The Bertz CT molecular complexity index is 3500. The Morgan fingerprint density at radius 2 is 0.934 bits per heavy atom. The van der Waals surface area contributed by atoms with Gasteiger partial charge in [0.25, 0.3) is 0 Å². The second kappa shape index (κ2) is 14.4. The third-order valence-electron chi connectivity index (χ3n) is 12.6. The Labute approximate surface area is 355 Å². The van der Waals surface area contributed by atoms with E-state index in [1.54, 1.807) is 0 Å². The summed E-state index contributed by atoms with van der Waals surface area (Å²) in [5, 5.41) is 7.61. The smallest absolute Gasteiger partial charge is 0.0547 e. The highest BCUT2D eigenvalue weighted by atomic mass is 15.1. The van der Waals surface area contributed by atoms with Crippen molar-refractivity contribution in [3.63, 3.8) is 0 Å². The number of benzene rings is 9. The Kier molecular flexibility index (Phi) is 8.31. The summed E-state index contributed by atoms with van der Waals surface area (Å²) in [5.74, 6) is 0. The van der Waals surface area contributed by atoms with Crippen LogP contribution in [0.2, 0.25) is 0 Å². The fourth-order valence-corrected chi connectivity index (χ4v) is 9.75. The number of hydrogen-bond donors (Lipinski definition) is 0. The topological polar surface area (TPSA) is 13.1 Å². The second-order valence-corrected chi connectivity index (χ2v) is 16.1. The average molecular weight is 780 g/mol. The minimum absolute atomic E-state index is 0.981. The van der Waals surface area contributed by atoms with Crippen molar-refractivity contribution in [1.82, 2.24) is 9.13 Å². The van der Waals surface area contributed by atoms with E-state index >= 15 is 0 Å². The number of fused-ring (bicyclic) bond motifs is 8. The molecule has 12 rings (SSSR count). The molecule has 1 aliphatic rings. The third kappa shape index (κ3) is 5.89. The molecule has 0 amide bonds. The molecule has 61 heavy (non-hydrogen) atoms. The van der Waals surface area contributed by atoms with Gasteiger partial charge in [0.15, 0.2) is 0 Å². The Hall–Kier alpha value is -7.88. The van der Waals surface area contributed by atoms with Gasteiger partial charge in [0.05, 0.1) is 22.1 Å². The first-order valence-electron chi connectivity index (χ1n) is 21.2. The van der Waals surface area contributed by atoms with Crippen molar-refractivity contribution in [1.29, 1.82) is 0 Å². The second-order valence-electron chi connectivity index (χ2n) is 16.1. The molecule has 0 bridgehead atoms. The lowest BCUT2D eigenvalue weighted by molar-refractivity contribution is 1.01. The summed E-state index contributed by atoms with van der Waals surface area (Å²) < 4.78 is 4.79. The van der Waals surface area contributed by atoms with Crippen LogP contribution in [0, 0.1) is 0 Å². The highest BCUT2D eigenvalue weighted by molar-refractivity contribution is 6.21. The van der Waals surface area contributed by atoms with E-state index in [1.165, 1.54) is 82.3 Å². The molecule has 1 aliphatic carbocycles. The summed E-state index contributed by atoms with van der Waals surface area (Å²) in [4.78, 5) is 2.44. The first-order valence-corrected chi connectivity index (χ1v) is 21.2. The lowest BCUT2D eigenvalue weighted by Gasteiger charge is -2.29. The van der Waals surface area contributed by atoms with Crippen LogP contribution in [0.25, 0.3) is 82.5 Å². The fourth-order valence-electron chi connectivity index (χ4n) is 9.75. The molecule has 0 saturated heterocycles. The Morgan fingerprint density at radius 3 is 1.70 bits per heavy atom. The van der Waals surface area contributed by atoms with Gasteiger partial charge in [-0.15, -0.1) is 0 Å². The normalized spacial score (nSPS) is 13.0. The van der Waals surface area contributed by atoms with Gasteiger partial charge in [-0.1, -0.05) is 146 Å². The van der Waals surface area contributed by atoms with Crippen molar-refractivity contribution >= 4 is 71.3 Å². The zero-order valence-corrected chi connectivity index (χ0v) is 33.6. The SMILES string of the molecule is C1=C(c2ccccc2)CCC=C1N(c1ccc(-c2ccc(-n3c4ccccc4c4c5ccccc5ccc43)cc2)cc1)c1ccc2c(c1)c1ccccc1n2-c1ccccc1. The van der Waals surface area contributed by atoms with Crippen molar-refractivity contribution in [2.45, 2.75) is 12.8 Å². The van der Waals surface area contributed by atoms with Crippen LogP contribution in [-0.2, 0) is 0 Å². The number of para-hydroxylation sites is 3. The van der Waals surface area contributed by atoms with E-state index in [1.807, 2.05) is 0 Å². The van der Waals surface area contributed by atoms with E-state index in [0.717, 1.165) is 35.6 Å². The van der Waals surface area contributed by atoms with Crippen LogP contribution in [0.3, 0.4) is 0 Å². The predicted molar refractivity (Wildman–Crippen MR) is 258 cm³/mol. The molecular weight excluding hydrogens is 739 g/mol. The van der Waals surface area contributed by atoms with Gasteiger partial charge in [0, 0.05) is 50.0 Å². The molecule has 0 radical (unpaired) electrons. The van der Waals surface area contributed by atoms with E-state index in [9.17, 15) is 0 Å². The summed E-state index contributed by atoms with van der Waals surface area (Å²) in [6.45, 7) is 0. The first-order chi connectivity index (χ1) is 30.3. The van der Waals surface area contributed by atoms with Crippen LogP contribution in [-0.4, -0.2) is 9.13 Å². The van der Waals surface area contributed by atoms with Gasteiger partial charge in [0.2, 0.25) is 0 Å². The zero-order chi connectivity index (χ0) is 40.3. The standard InChI is InChI=1S/C58H41N3/c1-3-14-40(15-4-1)44-17-13-20-48(38-44)59(49-35-37-56-53(39-49)51-22-9-11-24-54(51)60(56)45-18-5-2-6-19-45)46-31-26-41(27-32-46)42-28-33-47(34-29-42)61-55-25-12-10-23-52(55)58-50-21-8-7-16-43(50)30-36-57(58)61/h1-12,14-16,18-39H,13,17H2. The molecule has 2 heterocycles. The molecule has 2 aromatic heterocycles. The Morgan fingerprint density at radius 1 is 0.377 bits per heavy atom. The molecule has 0 N–H and O–H groups in total. The van der Waals surface area contributed by atoms with E-state index in [2.05, 4.69) is 239 Å². The molecule has 288 valence electrons. The van der Waals surface area contributed by atoms with Gasteiger partial charge in [0.1, 0.15) is 0 Å². The van der Waals surface area contributed by atoms with Gasteiger partial charge in [-0.25, -0.2) is 0 Å². The summed E-state index contributed by atoms with van der Waals surface area (Å²) >= 11 is 0. The van der Waals surface area contributed by atoms with Gasteiger partial charge in [-0.2, -0.15) is 0 Å². The fraction of sp³-hybridized carbons (Fsp3) is 0.0345. The van der Waals surface area contributed by atoms with Gasteiger partial charge in [-0.05, 0) is 125 Å². The number of hydrogen-bond acceptors (Lipinski definition) is 1. The van der Waals surface area contributed by atoms with Crippen molar-refractivity contribution in [2.75, 3.05) is 4.90 Å². The molecule has 11 aromatic rings. The molecule has 3 nitrogen and oxygen atoms in total. The van der Waals surface area contributed by atoms with E-state index < -0.39 is 0 Å². The van der Waals surface area contributed by atoms with Gasteiger partial charge in [-0.3, -0.25) is 0 Å². The largest absolute Gasteiger partial charge is 0.311 e. The summed E-state index contributed by atoms with van der Waals surface area (Å²) in [7, 11) is 0. The van der Waals surface area contributed by atoms with Crippen LogP contribution in [0.4, 0.5) is 11.4 Å². The van der Waals surface area contributed by atoms with Crippen molar-refractivity contribution < 1.29 is 0 Å². The maximum Gasteiger partial charge on any atom is 0.0547 e. The highest BCUT2D eigenvalue weighted by Gasteiger charge is 2.21. The number of rotatable bonds is 7. The number of aromatic nitrogens is 2. The first kappa shape index (κ1) is 35.1. The van der Waals surface area contributed by atoms with Crippen molar-refractivity contribution in [2.24, 2.45) is 0 Å². The predicted octanol–water partition coefficient (Wildman–Crippen LogP) is 15.6. The van der Waals surface area contributed by atoms with Crippen LogP contribution < -0.4 is 4.90 Å². The van der Waals surface area contributed by atoms with Crippen molar-refractivity contribution in [3.8, 4) is 22.5 Å². The van der Waals surface area contributed by atoms with E-state index in [-0.39, 0.29) is 0 Å². The number of anilines is 2. The summed E-state index contributed by atoms with van der Waals surface area (Å²) in [5.41, 5.74) is 15.6. The van der Waals surface area contributed by atoms with E-state index in [4.69, 9.17) is 0 Å². The van der Waals surface area contributed by atoms with Gasteiger partial charge < -0.3 is 14.0 Å². The van der Waals surface area contributed by atoms with Crippen LogP contribution in [0.1, 0.15) is 18.4 Å². The molecule has 0 saturated carbocycles. The molecule has 0 spiro atoms. The summed E-state index contributed by atoms with van der Waals surface area (Å²) in [6.07, 6.45) is 6.79. The molecule has 0 atom stereocenters. The van der Waals surface area contributed by atoms with Crippen molar-refractivity contribution in [3.05, 3.63) is 236 Å². The van der Waals surface area contributed by atoms with Gasteiger partial charge >= 0.3 is 0 Å². The molecular formula is C58H41N3. The Balaban J connectivity index is 0.948. The number of nitrogens with zero attached hydrogens (tertiary/aromatic N) is 3.